The molecule has 2 aromatic rings. The van der Waals surface area contributed by atoms with Crippen molar-refractivity contribution in [2.45, 2.75) is 17.7 Å². The molecule has 4 rings (SSSR count). The summed E-state index contributed by atoms with van der Waals surface area (Å²) in [7, 11) is 0. The SMILES string of the molecule is O=C(O)Oc1c[nH]c2c(C3(Cl)CC3)c(N3CCN(CCO)CC3)c(F)cc2c1=O. The van der Waals surface area contributed by atoms with Crippen molar-refractivity contribution in [1.29, 1.82) is 0 Å². The summed E-state index contributed by atoms with van der Waals surface area (Å²) in [5.41, 5.74) is 0.593. The Morgan fingerprint density at radius 2 is 2.00 bits per heavy atom. The number of nitrogens with one attached hydrogen (secondary N) is 1. The normalized spacial score (nSPS) is 18.8. The number of aliphatic hydroxyl groups is 1. The highest BCUT2D eigenvalue weighted by Gasteiger charge is 2.47. The molecule has 2 aliphatic rings. The van der Waals surface area contributed by atoms with Gasteiger partial charge < -0.3 is 24.8 Å². The van der Waals surface area contributed by atoms with Crippen molar-refractivity contribution >= 4 is 34.3 Å². The Balaban J connectivity index is 1.82. The van der Waals surface area contributed by atoms with Crippen LogP contribution in [0.25, 0.3) is 10.9 Å². The van der Waals surface area contributed by atoms with Gasteiger partial charge in [0, 0.05) is 44.5 Å². The van der Waals surface area contributed by atoms with Gasteiger partial charge in [0.1, 0.15) is 5.82 Å². The number of β-amino-alcohol motifs (C(OH)–C–C–N with tert-alkyl or cyclic N) is 1. The van der Waals surface area contributed by atoms with E-state index in [1.807, 2.05) is 4.90 Å². The highest BCUT2D eigenvalue weighted by molar-refractivity contribution is 6.27. The number of fused-ring (bicyclic) bond motifs is 1. The molecule has 0 amide bonds. The minimum Gasteiger partial charge on any atom is -0.449 e. The number of piperazine rings is 1. The number of nitrogens with zero attached hydrogens (tertiary/aromatic N) is 2. The molecule has 1 saturated heterocycles. The van der Waals surface area contributed by atoms with E-state index in [0.717, 1.165) is 6.07 Å². The molecule has 0 radical (unpaired) electrons. The van der Waals surface area contributed by atoms with Gasteiger partial charge in [-0.1, -0.05) is 0 Å². The second-order valence-corrected chi connectivity index (χ2v) is 8.10. The molecule has 1 saturated carbocycles. The van der Waals surface area contributed by atoms with Crippen molar-refractivity contribution in [2.24, 2.45) is 0 Å². The van der Waals surface area contributed by atoms with Crippen molar-refractivity contribution in [1.82, 2.24) is 9.88 Å². The van der Waals surface area contributed by atoms with E-state index in [1.165, 1.54) is 6.20 Å². The Bertz CT molecular complexity index is 1020. The number of anilines is 1. The summed E-state index contributed by atoms with van der Waals surface area (Å²) >= 11 is 6.72. The van der Waals surface area contributed by atoms with Crippen LogP contribution in [0.2, 0.25) is 0 Å². The first-order chi connectivity index (χ1) is 13.8. The van der Waals surface area contributed by atoms with Crippen molar-refractivity contribution in [3.63, 3.8) is 0 Å². The van der Waals surface area contributed by atoms with Crippen LogP contribution in [0.5, 0.6) is 5.75 Å². The molecule has 1 aromatic heterocycles. The fourth-order valence-electron chi connectivity index (χ4n) is 3.92. The third-order valence-corrected chi connectivity index (χ3v) is 6.08. The Kier molecular flexibility index (Phi) is 5.14. The number of carbonyl (C=O) groups is 1. The van der Waals surface area contributed by atoms with E-state index in [0.29, 0.717) is 62.3 Å². The van der Waals surface area contributed by atoms with Gasteiger partial charge in [-0.3, -0.25) is 9.69 Å². The molecule has 8 nitrogen and oxygen atoms in total. The first kappa shape index (κ1) is 19.9. The van der Waals surface area contributed by atoms with Crippen LogP contribution >= 0.6 is 11.6 Å². The number of pyridine rings is 1. The lowest BCUT2D eigenvalue weighted by molar-refractivity contribution is 0.144. The maximum Gasteiger partial charge on any atom is 0.511 e. The Hall–Kier alpha value is -2.36. The fourth-order valence-corrected chi connectivity index (χ4v) is 4.19. The van der Waals surface area contributed by atoms with Crippen molar-refractivity contribution < 1.29 is 24.1 Å². The molecule has 2 fully saturated rings. The van der Waals surface area contributed by atoms with Crippen LogP contribution < -0.4 is 15.1 Å². The van der Waals surface area contributed by atoms with Crippen LogP contribution in [0.1, 0.15) is 18.4 Å². The average Bonchev–Trinajstić information content (AvgIpc) is 3.43. The molecule has 1 aliphatic heterocycles. The van der Waals surface area contributed by atoms with E-state index in [2.05, 4.69) is 14.6 Å². The maximum absolute atomic E-state index is 15.3. The average molecular weight is 426 g/mol. The zero-order valence-corrected chi connectivity index (χ0v) is 16.3. The van der Waals surface area contributed by atoms with E-state index in [-0.39, 0.29) is 12.0 Å². The first-order valence-electron chi connectivity index (χ1n) is 9.40. The minimum absolute atomic E-state index is 0.00541. The Labute approximate surface area is 170 Å². The minimum atomic E-state index is -1.62. The molecule has 0 atom stereocenters. The standard InChI is InChI=1S/C19H21ClFN3O5/c20-19(1-2-19)14-15-11(17(26)13(10-22-15)29-18(27)28)9-12(21)16(14)24-5-3-23(4-6-24)7-8-25/h9-10,25H,1-8H2,(H,22,26)(H,27,28). The summed E-state index contributed by atoms with van der Waals surface area (Å²) in [6.07, 6.45) is 0.857. The van der Waals surface area contributed by atoms with Crippen LogP contribution in [0.15, 0.2) is 17.1 Å². The Morgan fingerprint density at radius 1 is 1.31 bits per heavy atom. The van der Waals surface area contributed by atoms with E-state index in [1.54, 1.807) is 0 Å². The molecule has 0 unspecified atom stereocenters. The number of aliphatic hydroxyl groups excluding tert-OH is 1. The molecule has 1 aromatic carbocycles. The van der Waals surface area contributed by atoms with E-state index < -0.39 is 28.0 Å². The second-order valence-electron chi connectivity index (χ2n) is 7.37. The van der Waals surface area contributed by atoms with Crippen LogP contribution in [-0.4, -0.2) is 65.6 Å². The van der Waals surface area contributed by atoms with Gasteiger partial charge in [0.05, 0.1) is 28.1 Å². The predicted molar refractivity (Wildman–Crippen MR) is 106 cm³/mol. The number of rotatable bonds is 5. The smallest absolute Gasteiger partial charge is 0.449 e. The summed E-state index contributed by atoms with van der Waals surface area (Å²) in [5, 5.41) is 17.9. The summed E-state index contributed by atoms with van der Waals surface area (Å²) < 4.78 is 19.8. The van der Waals surface area contributed by atoms with Crippen LogP contribution in [0, 0.1) is 5.82 Å². The molecular formula is C19H21ClFN3O5. The number of aromatic amines is 1. The zero-order valence-electron chi connectivity index (χ0n) is 15.6. The van der Waals surface area contributed by atoms with Gasteiger partial charge in [-0.2, -0.15) is 0 Å². The van der Waals surface area contributed by atoms with Gasteiger partial charge in [-0.05, 0) is 18.9 Å². The van der Waals surface area contributed by atoms with Crippen LogP contribution in [0.4, 0.5) is 14.9 Å². The Morgan fingerprint density at radius 3 is 2.59 bits per heavy atom. The molecule has 29 heavy (non-hydrogen) atoms. The van der Waals surface area contributed by atoms with Crippen molar-refractivity contribution in [3.8, 4) is 5.75 Å². The highest BCUT2D eigenvalue weighted by Crippen LogP contribution is 2.57. The lowest BCUT2D eigenvalue weighted by atomic mass is 10.00. The molecule has 10 heteroatoms. The second kappa shape index (κ2) is 7.47. The molecular weight excluding hydrogens is 405 g/mol. The maximum atomic E-state index is 15.3. The third-order valence-electron chi connectivity index (χ3n) is 5.51. The predicted octanol–water partition coefficient (Wildman–Crippen LogP) is 2.07. The lowest BCUT2D eigenvalue weighted by Crippen LogP contribution is -2.48. The number of carboxylic acid groups (broad SMARTS) is 1. The number of alkyl halides is 1. The number of H-pyrrole nitrogens is 1. The number of aromatic nitrogens is 1. The van der Waals surface area contributed by atoms with E-state index >= 15 is 4.39 Å². The summed E-state index contributed by atoms with van der Waals surface area (Å²) in [5.74, 6) is -0.992. The number of hydrogen-bond acceptors (Lipinski definition) is 6. The first-order valence-corrected chi connectivity index (χ1v) is 9.78. The monoisotopic (exact) mass is 425 g/mol. The molecule has 0 spiro atoms. The number of halogens is 2. The van der Waals surface area contributed by atoms with E-state index in [9.17, 15) is 9.59 Å². The number of hydrogen-bond donors (Lipinski definition) is 3. The largest absolute Gasteiger partial charge is 0.511 e. The fraction of sp³-hybridized carbons (Fsp3) is 0.474. The molecule has 3 N–H and O–H groups in total. The summed E-state index contributed by atoms with van der Waals surface area (Å²) in [6, 6.07) is 1.12. The number of ether oxygens (including phenoxy) is 1. The van der Waals surface area contributed by atoms with Gasteiger partial charge in [-0.15, -0.1) is 11.6 Å². The van der Waals surface area contributed by atoms with Gasteiger partial charge in [0.2, 0.25) is 5.43 Å². The summed E-state index contributed by atoms with van der Waals surface area (Å²) in [4.78, 5) is 29.6. The van der Waals surface area contributed by atoms with Gasteiger partial charge in [-0.25, -0.2) is 9.18 Å². The lowest BCUT2D eigenvalue weighted by Gasteiger charge is -2.37. The van der Waals surface area contributed by atoms with Crippen LogP contribution in [0.3, 0.4) is 0 Å². The van der Waals surface area contributed by atoms with Crippen molar-refractivity contribution in [3.05, 3.63) is 33.9 Å². The van der Waals surface area contributed by atoms with Crippen LogP contribution in [-0.2, 0) is 4.87 Å². The zero-order chi connectivity index (χ0) is 20.8. The van der Waals surface area contributed by atoms with Crippen molar-refractivity contribution in [2.75, 3.05) is 44.2 Å². The molecule has 1 aliphatic carbocycles. The number of benzene rings is 1. The van der Waals surface area contributed by atoms with Gasteiger partial charge >= 0.3 is 6.16 Å². The molecule has 2 heterocycles. The van der Waals surface area contributed by atoms with Gasteiger partial charge in [0.25, 0.3) is 0 Å². The van der Waals surface area contributed by atoms with Gasteiger partial charge in [0.15, 0.2) is 5.75 Å². The molecule has 0 bridgehead atoms. The highest BCUT2D eigenvalue weighted by atomic mass is 35.5. The molecule has 156 valence electrons. The third kappa shape index (κ3) is 3.65. The topological polar surface area (TPSA) is 106 Å². The quantitative estimate of drug-likeness (QED) is 0.497. The van der Waals surface area contributed by atoms with E-state index in [4.69, 9.17) is 21.8 Å². The summed E-state index contributed by atoms with van der Waals surface area (Å²) in [6.45, 7) is 3.12.